The first-order valence-corrected chi connectivity index (χ1v) is 7.31. The molecule has 1 saturated heterocycles. The third kappa shape index (κ3) is 4.68. The fourth-order valence-electron chi connectivity index (χ4n) is 2.23. The molecular formula is C15H22N2O4. The second-order valence-corrected chi connectivity index (χ2v) is 5.53. The summed E-state index contributed by atoms with van der Waals surface area (Å²) in [6.45, 7) is 5.89. The van der Waals surface area contributed by atoms with Crippen LogP contribution < -0.4 is 10.1 Å². The molecule has 0 saturated carbocycles. The number of nitro groups is 1. The van der Waals surface area contributed by atoms with Crippen molar-refractivity contribution in [2.24, 2.45) is 0 Å². The number of hydrogen-bond donors (Lipinski definition) is 1. The average molecular weight is 294 g/mol. The summed E-state index contributed by atoms with van der Waals surface area (Å²) in [6, 6.07) is 5.02. The number of rotatable bonds is 7. The molecule has 1 aliphatic heterocycles. The summed E-state index contributed by atoms with van der Waals surface area (Å²) >= 11 is 0. The normalized spacial score (nSPS) is 18.1. The topological polar surface area (TPSA) is 73.6 Å². The van der Waals surface area contributed by atoms with Crippen molar-refractivity contribution < 1.29 is 14.4 Å². The second kappa shape index (κ2) is 7.38. The molecule has 0 aromatic heterocycles. The van der Waals surface area contributed by atoms with Crippen LogP contribution in [-0.2, 0) is 11.3 Å². The molecule has 0 aliphatic carbocycles. The zero-order chi connectivity index (χ0) is 15.2. The highest BCUT2D eigenvalue weighted by Crippen LogP contribution is 2.25. The van der Waals surface area contributed by atoms with E-state index in [1.165, 1.54) is 6.07 Å². The van der Waals surface area contributed by atoms with Crippen molar-refractivity contribution >= 4 is 5.69 Å². The minimum absolute atomic E-state index is 0.0834. The van der Waals surface area contributed by atoms with E-state index < -0.39 is 0 Å². The van der Waals surface area contributed by atoms with Crippen molar-refractivity contribution in [3.63, 3.8) is 0 Å². The molecule has 0 spiro atoms. The fourth-order valence-corrected chi connectivity index (χ4v) is 2.23. The lowest BCUT2D eigenvalue weighted by Gasteiger charge is -2.16. The molecule has 6 nitrogen and oxygen atoms in total. The molecule has 1 aromatic rings. The maximum absolute atomic E-state index is 10.9. The van der Waals surface area contributed by atoms with Gasteiger partial charge in [0.2, 0.25) is 0 Å². The highest BCUT2D eigenvalue weighted by molar-refractivity contribution is 5.43. The lowest BCUT2D eigenvalue weighted by molar-refractivity contribution is -0.384. The van der Waals surface area contributed by atoms with E-state index in [2.05, 4.69) is 5.32 Å². The zero-order valence-corrected chi connectivity index (χ0v) is 12.5. The van der Waals surface area contributed by atoms with E-state index in [1.807, 2.05) is 13.8 Å². The standard InChI is InChI=1S/C15H22N2O4/c1-11(2)16-9-12-8-13(17(18)19)5-6-15(12)21-10-14-4-3-7-20-14/h5-6,8,11,14,16H,3-4,7,9-10H2,1-2H3. The van der Waals surface area contributed by atoms with Crippen molar-refractivity contribution in [2.75, 3.05) is 13.2 Å². The molecule has 2 rings (SSSR count). The van der Waals surface area contributed by atoms with E-state index >= 15 is 0 Å². The van der Waals surface area contributed by atoms with Crippen LogP contribution in [0.25, 0.3) is 0 Å². The number of ether oxygens (including phenoxy) is 2. The van der Waals surface area contributed by atoms with Crippen LogP contribution in [0.4, 0.5) is 5.69 Å². The molecule has 1 heterocycles. The summed E-state index contributed by atoms with van der Waals surface area (Å²) in [6.07, 6.45) is 2.20. The molecule has 1 atom stereocenters. The summed E-state index contributed by atoms with van der Waals surface area (Å²) in [4.78, 5) is 10.5. The predicted octanol–water partition coefficient (Wildman–Crippen LogP) is 2.65. The molecule has 21 heavy (non-hydrogen) atoms. The molecule has 0 radical (unpaired) electrons. The van der Waals surface area contributed by atoms with E-state index in [0.29, 0.717) is 24.9 Å². The zero-order valence-electron chi connectivity index (χ0n) is 12.5. The Morgan fingerprint density at radius 3 is 2.95 bits per heavy atom. The van der Waals surface area contributed by atoms with Crippen LogP contribution in [0.2, 0.25) is 0 Å². The van der Waals surface area contributed by atoms with Crippen LogP contribution in [0, 0.1) is 10.1 Å². The highest BCUT2D eigenvalue weighted by atomic mass is 16.6. The SMILES string of the molecule is CC(C)NCc1cc([N+](=O)[O-])ccc1OCC1CCCO1. The third-order valence-corrected chi connectivity index (χ3v) is 3.40. The van der Waals surface area contributed by atoms with Gasteiger partial charge < -0.3 is 14.8 Å². The fraction of sp³-hybridized carbons (Fsp3) is 0.600. The molecule has 0 bridgehead atoms. The van der Waals surface area contributed by atoms with Crippen LogP contribution in [0.5, 0.6) is 5.75 Å². The maximum atomic E-state index is 10.9. The molecule has 1 N–H and O–H groups in total. The van der Waals surface area contributed by atoms with Crippen molar-refractivity contribution in [2.45, 2.75) is 45.4 Å². The van der Waals surface area contributed by atoms with Gasteiger partial charge in [0.05, 0.1) is 11.0 Å². The highest BCUT2D eigenvalue weighted by Gasteiger charge is 2.18. The smallest absolute Gasteiger partial charge is 0.270 e. The Kier molecular flexibility index (Phi) is 5.52. The first kappa shape index (κ1) is 15.7. The van der Waals surface area contributed by atoms with Gasteiger partial charge in [0.15, 0.2) is 0 Å². The lowest BCUT2D eigenvalue weighted by Crippen LogP contribution is -2.23. The quantitative estimate of drug-likeness (QED) is 0.618. The molecule has 116 valence electrons. The number of hydrogen-bond acceptors (Lipinski definition) is 5. The number of nitrogens with one attached hydrogen (secondary N) is 1. The van der Waals surface area contributed by atoms with Crippen LogP contribution in [0.3, 0.4) is 0 Å². The number of non-ortho nitro benzene ring substituents is 1. The summed E-state index contributed by atoms with van der Waals surface area (Å²) < 4.78 is 11.3. The van der Waals surface area contributed by atoms with Crippen molar-refractivity contribution in [1.82, 2.24) is 5.32 Å². The van der Waals surface area contributed by atoms with E-state index in [1.54, 1.807) is 12.1 Å². The number of nitro benzene ring substituents is 1. The van der Waals surface area contributed by atoms with Gasteiger partial charge in [-0.15, -0.1) is 0 Å². The monoisotopic (exact) mass is 294 g/mol. The van der Waals surface area contributed by atoms with Gasteiger partial charge >= 0.3 is 0 Å². The van der Waals surface area contributed by atoms with E-state index in [9.17, 15) is 10.1 Å². The molecular weight excluding hydrogens is 272 g/mol. The van der Waals surface area contributed by atoms with E-state index in [-0.39, 0.29) is 16.7 Å². The molecule has 6 heteroatoms. The maximum Gasteiger partial charge on any atom is 0.270 e. The minimum Gasteiger partial charge on any atom is -0.491 e. The summed E-state index contributed by atoms with van der Waals surface area (Å²) in [5, 5.41) is 14.2. The Morgan fingerprint density at radius 2 is 2.33 bits per heavy atom. The molecule has 1 fully saturated rings. The Labute approximate surface area is 124 Å². The Bertz CT molecular complexity index is 485. The van der Waals surface area contributed by atoms with Gasteiger partial charge in [0.25, 0.3) is 5.69 Å². The molecule has 1 unspecified atom stereocenters. The third-order valence-electron chi connectivity index (χ3n) is 3.40. The van der Waals surface area contributed by atoms with Gasteiger partial charge in [0.1, 0.15) is 12.4 Å². The summed E-state index contributed by atoms with van der Waals surface area (Å²) in [5.41, 5.74) is 0.885. The van der Waals surface area contributed by atoms with Crippen LogP contribution in [-0.4, -0.2) is 30.3 Å². The van der Waals surface area contributed by atoms with Crippen molar-refractivity contribution in [3.8, 4) is 5.75 Å². The minimum atomic E-state index is -0.386. The number of nitrogens with zero attached hydrogens (tertiary/aromatic N) is 1. The second-order valence-electron chi connectivity index (χ2n) is 5.53. The largest absolute Gasteiger partial charge is 0.491 e. The van der Waals surface area contributed by atoms with E-state index in [0.717, 1.165) is 25.0 Å². The van der Waals surface area contributed by atoms with Crippen molar-refractivity contribution in [3.05, 3.63) is 33.9 Å². The molecule has 0 amide bonds. The summed E-state index contributed by atoms with van der Waals surface area (Å²) in [7, 11) is 0. The van der Waals surface area contributed by atoms with Crippen molar-refractivity contribution in [1.29, 1.82) is 0 Å². The van der Waals surface area contributed by atoms with Gasteiger partial charge in [-0.1, -0.05) is 13.8 Å². The Hall–Kier alpha value is -1.66. The van der Waals surface area contributed by atoms with Gasteiger partial charge in [0, 0.05) is 36.9 Å². The molecule has 1 aliphatic rings. The van der Waals surface area contributed by atoms with E-state index in [4.69, 9.17) is 9.47 Å². The Morgan fingerprint density at radius 1 is 1.52 bits per heavy atom. The first-order valence-electron chi connectivity index (χ1n) is 7.31. The predicted molar refractivity (Wildman–Crippen MR) is 79.5 cm³/mol. The van der Waals surface area contributed by atoms with Gasteiger partial charge in [-0.2, -0.15) is 0 Å². The van der Waals surface area contributed by atoms with Gasteiger partial charge in [-0.25, -0.2) is 0 Å². The summed E-state index contributed by atoms with van der Waals surface area (Å²) in [5.74, 6) is 0.684. The van der Waals surface area contributed by atoms with Gasteiger partial charge in [-0.05, 0) is 18.9 Å². The average Bonchev–Trinajstić information content (AvgIpc) is 2.96. The number of benzene rings is 1. The lowest BCUT2D eigenvalue weighted by atomic mass is 10.1. The van der Waals surface area contributed by atoms with Crippen LogP contribution in [0.15, 0.2) is 18.2 Å². The Balaban J connectivity index is 2.07. The van der Waals surface area contributed by atoms with Crippen LogP contribution in [0.1, 0.15) is 32.3 Å². The first-order chi connectivity index (χ1) is 10.1. The van der Waals surface area contributed by atoms with Gasteiger partial charge in [-0.3, -0.25) is 10.1 Å². The van der Waals surface area contributed by atoms with Crippen LogP contribution >= 0.6 is 0 Å². The molecule has 1 aromatic carbocycles.